The first-order chi connectivity index (χ1) is 13.3. The molecule has 0 radical (unpaired) electrons. The molecule has 146 valence electrons. The van der Waals surface area contributed by atoms with Gasteiger partial charge in [-0.2, -0.15) is 0 Å². The zero-order valence-corrected chi connectivity index (χ0v) is 19.3. The van der Waals surface area contributed by atoms with E-state index in [-0.39, 0.29) is 53.2 Å². The summed E-state index contributed by atoms with van der Waals surface area (Å²) in [4.78, 5) is 49.5. The molecule has 0 bridgehead atoms. The molecule has 0 spiro atoms. The van der Waals surface area contributed by atoms with Crippen molar-refractivity contribution in [3.8, 4) is 12.3 Å². The Morgan fingerprint density at radius 2 is 2.21 bits per heavy atom. The normalized spacial score (nSPS) is 21.1. The summed E-state index contributed by atoms with van der Waals surface area (Å²) >= 11 is 2.66. The Balaban J connectivity index is 0.00000300. The van der Waals surface area contributed by atoms with Gasteiger partial charge in [0, 0.05) is 23.1 Å². The van der Waals surface area contributed by atoms with Gasteiger partial charge in [0.15, 0.2) is 6.10 Å². The van der Waals surface area contributed by atoms with Crippen LogP contribution in [-0.4, -0.2) is 51.9 Å². The molecule has 3 rings (SSSR count). The Bertz CT molecular complexity index is 908. The van der Waals surface area contributed by atoms with Crippen LogP contribution in [0.15, 0.2) is 28.8 Å². The zero-order valence-electron chi connectivity index (χ0n) is 15.7. The van der Waals surface area contributed by atoms with Crippen LogP contribution in [0.25, 0.3) is 0 Å². The molecule has 1 aromatic rings. The molecule has 3 heterocycles. The van der Waals surface area contributed by atoms with Gasteiger partial charge in [0.05, 0.1) is 18.1 Å². The predicted molar refractivity (Wildman–Crippen MR) is 99.5 cm³/mol. The minimum absolute atomic E-state index is 0. The zero-order chi connectivity index (χ0) is 20.4. The van der Waals surface area contributed by atoms with E-state index >= 15 is 0 Å². The average Bonchev–Trinajstić information content (AvgIpc) is 3.15. The largest absolute Gasteiger partial charge is 1.00 e. The molecule has 0 aliphatic carbocycles. The number of ether oxygens (including phenoxy) is 1. The number of fused-ring (bicyclic) bond motifs is 1. The van der Waals surface area contributed by atoms with Gasteiger partial charge >= 0.3 is 35.5 Å². The number of esters is 1. The van der Waals surface area contributed by atoms with Gasteiger partial charge in [-0.15, -0.1) is 29.5 Å². The topological polar surface area (TPSA) is 116 Å². The van der Waals surface area contributed by atoms with Gasteiger partial charge in [-0.3, -0.25) is 19.3 Å². The van der Waals surface area contributed by atoms with E-state index in [2.05, 4.69) is 11.2 Å². The van der Waals surface area contributed by atoms with Crippen LogP contribution < -0.4 is 40.0 Å². The van der Waals surface area contributed by atoms with Crippen LogP contribution in [0.1, 0.15) is 11.8 Å². The Morgan fingerprint density at radius 1 is 1.48 bits per heavy atom. The van der Waals surface area contributed by atoms with Gasteiger partial charge in [0.1, 0.15) is 11.4 Å². The number of β-lactam (4-membered cyclic amide) rings is 1. The number of aliphatic carboxylic acids is 1. The van der Waals surface area contributed by atoms with Crippen LogP contribution in [-0.2, 0) is 30.3 Å². The Labute approximate surface area is 197 Å². The van der Waals surface area contributed by atoms with E-state index in [1.807, 2.05) is 17.5 Å². The molecule has 2 amide bonds. The van der Waals surface area contributed by atoms with Crippen LogP contribution in [0, 0.1) is 12.3 Å². The van der Waals surface area contributed by atoms with Crippen molar-refractivity contribution in [2.45, 2.75) is 30.9 Å². The number of nitrogens with zero attached hydrogens (tertiary/aromatic N) is 1. The second-order valence-electron chi connectivity index (χ2n) is 6.03. The van der Waals surface area contributed by atoms with Gasteiger partial charge in [0.2, 0.25) is 5.91 Å². The number of carboxylic acid groups (broad SMARTS) is 1. The van der Waals surface area contributed by atoms with Gasteiger partial charge in [-0.1, -0.05) is 12.0 Å². The number of rotatable bonds is 6. The van der Waals surface area contributed by atoms with Crippen LogP contribution in [0.4, 0.5) is 0 Å². The van der Waals surface area contributed by atoms with Crippen LogP contribution in [0.2, 0.25) is 0 Å². The molecule has 29 heavy (non-hydrogen) atoms. The third kappa shape index (κ3) is 4.87. The molecule has 1 N–H and O–H groups in total. The van der Waals surface area contributed by atoms with Gasteiger partial charge in [0.25, 0.3) is 5.91 Å². The molecule has 2 aliphatic rings. The van der Waals surface area contributed by atoms with Gasteiger partial charge in [-0.05, 0) is 11.4 Å². The number of hydrogen-bond donors (Lipinski definition) is 1. The van der Waals surface area contributed by atoms with Crippen molar-refractivity contribution in [2.24, 2.45) is 0 Å². The number of carbonyl (C=O) groups is 4. The molecule has 1 saturated heterocycles. The van der Waals surface area contributed by atoms with E-state index in [1.165, 1.54) is 23.1 Å². The maximum atomic E-state index is 12.5. The predicted octanol–water partition coefficient (Wildman–Crippen LogP) is -3.74. The van der Waals surface area contributed by atoms with E-state index in [0.717, 1.165) is 16.7 Å². The van der Waals surface area contributed by atoms with Gasteiger partial charge < -0.3 is 20.0 Å². The average molecular weight is 442 g/mol. The monoisotopic (exact) mass is 442 g/mol. The molecule has 0 aromatic carbocycles. The maximum Gasteiger partial charge on any atom is 1.00 e. The molecule has 3 atom stereocenters. The summed E-state index contributed by atoms with van der Waals surface area (Å²) in [5.74, 6) is -0.828. The summed E-state index contributed by atoms with van der Waals surface area (Å²) in [7, 11) is 0. The van der Waals surface area contributed by atoms with E-state index in [4.69, 9.17) is 11.2 Å². The van der Waals surface area contributed by atoms with E-state index < -0.39 is 41.1 Å². The van der Waals surface area contributed by atoms with Crippen molar-refractivity contribution < 1.29 is 58.6 Å². The van der Waals surface area contributed by atoms with E-state index in [1.54, 1.807) is 0 Å². The second-order valence-corrected chi connectivity index (χ2v) is 8.17. The van der Waals surface area contributed by atoms with Crippen LogP contribution in [0.5, 0.6) is 0 Å². The van der Waals surface area contributed by atoms with Crippen molar-refractivity contribution >= 4 is 46.9 Å². The number of carbonyl (C=O) groups excluding carboxylic acids is 4. The van der Waals surface area contributed by atoms with Crippen LogP contribution >= 0.6 is 23.1 Å². The molecule has 1 unspecified atom stereocenters. The van der Waals surface area contributed by atoms with Crippen molar-refractivity contribution in [3.05, 3.63) is 33.7 Å². The quantitative estimate of drug-likeness (QED) is 0.208. The Hall–Kier alpha value is -1.77. The van der Waals surface area contributed by atoms with Crippen molar-refractivity contribution in [1.82, 2.24) is 10.2 Å². The summed E-state index contributed by atoms with van der Waals surface area (Å²) < 4.78 is 4.97. The summed E-state index contributed by atoms with van der Waals surface area (Å²) in [6, 6.07) is 2.79. The first-order valence-corrected chi connectivity index (χ1v) is 10.1. The number of hydrogen-bond acceptors (Lipinski definition) is 8. The molecule has 0 saturated carbocycles. The van der Waals surface area contributed by atoms with Crippen molar-refractivity contribution in [3.63, 3.8) is 0 Å². The first-order valence-electron chi connectivity index (χ1n) is 8.17. The number of carboxylic acids is 1. The number of terminal acetylenes is 1. The molecule has 1 fully saturated rings. The SMILES string of the molecule is C#CC(OC(C)=O)C1=C(C(=O)[O-])N2C(=O)[C@@H](NC(=O)Cc3cccs3)[C@H]2SC1.[Na+]. The standard InChI is InChI=1S/C18H16N2O6S2.Na/c1-3-12(26-9(2)21)11-8-28-17-14(16(23)20(17)15(11)18(24)25)19-13(22)7-10-5-4-6-27-10;/h1,4-6,12,14,17H,7-8H2,2H3,(H,19,22)(H,24,25);/q;+1/p-1/t12?,14-,17-;/m1./s1. The number of thioether (sulfide) groups is 1. The first kappa shape index (κ1) is 23.5. The smallest absolute Gasteiger partial charge is 0.543 e. The molecular weight excluding hydrogens is 427 g/mol. The fourth-order valence-corrected chi connectivity index (χ4v) is 5.08. The second kappa shape index (κ2) is 9.82. The third-order valence-electron chi connectivity index (χ3n) is 4.17. The minimum Gasteiger partial charge on any atom is -0.543 e. The molecule has 1 aromatic heterocycles. The summed E-state index contributed by atoms with van der Waals surface area (Å²) in [6.07, 6.45) is 4.29. The molecular formula is C18H15N2NaO6S2. The van der Waals surface area contributed by atoms with Gasteiger partial charge in [-0.25, -0.2) is 0 Å². The van der Waals surface area contributed by atoms with Crippen molar-refractivity contribution in [1.29, 1.82) is 0 Å². The summed E-state index contributed by atoms with van der Waals surface area (Å²) in [5.41, 5.74) is -0.294. The minimum atomic E-state index is -1.59. The summed E-state index contributed by atoms with van der Waals surface area (Å²) in [5, 5.41) is 15.6. The molecule has 8 nitrogen and oxygen atoms in total. The fourth-order valence-electron chi connectivity index (χ4n) is 3.00. The van der Waals surface area contributed by atoms with E-state index in [9.17, 15) is 24.3 Å². The third-order valence-corrected chi connectivity index (χ3v) is 6.35. The van der Waals surface area contributed by atoms with Crippen LogP contribution in [0.3, 0.4) is 0 Å². The Morgan fingerprint density at radius 3 is 2.76 bits per heavy atom. The number of thiophene rings is 1. The summed E-state index contributed by atoms with van der Waals surface area (Å²) in [6.45, 7) is 1.15. The molecule has 11 heteroatoms. The molecule has 2 aliphatic heterocycles. The van der Waals surface area contributed by atoms with E-state index in [0.29, 0.717) is 0 Å². The fraction of sp³-hybridized carbons (Fsp3) is 0.333. The number of amides is 2. The van der Waals surface area contributed by atoms with Crippen molar-refractivity contribution in [2.75, 3.05) is 5.75 Å². The Kier molecular flexibility index (Phi) is 7.96. The maximum absolute atomic E-state index is 12.5. The number of nitrogens with one attached hydrogen (secondary N) is 1.